The van der Waals surface area contributed by atoms with E-state index in [1.54, 1.807) is 0 Å². The van der Waals surface area contributed by atoms with E-state index in [0.29, 0.717) is 0 Å². The summed E-state index contributed by atoms with van der Waals surface area (Å²) >= 11 is 0. The summed E-state index contributed by atoms with van der Waals surface area (Å²) in [5, 5.41) is 21.5. The van der Waals surface area contributed by atoms with Crippen molar-refractivity contribution in [1.29, 1.82) is 0 Å². The first kappa shape index (κ1) is 16.4. The Bertz CT molecular complexity index is 101. The number of nitrogens with two attached hydrogens (primary N) is 1. The molecule has 0 bridgehead atoms. The van der Waals surface area contributed by atoms with Gasteiger partial charge in [-0.05, 0) is 0 Å². The van der Waals surface area contributed by atoms with E-state index in [9.17, 15) is 4.79 Å². The molecule has 0 unspecified atom stereocenters. The van der Waals surface area contributed by atoms with E-state index in [0.717, 1.165) is 0 Å². The van der Waals surface area contributed by atoms with Crippen LogP contribution in [-0.4, -0.2) is 34.0 Å². The first-order valence-corrected chi connectivity index (χ1v) is 1.84. The first-order chi connectivity index (χ1) is 4.00. The Morgan fingerprint density at radius 2 is 1.30 bits per heavy atom. The standard InChI is InChI=1S/C2H5NO2.CH2O3.Na/c3-1-2(4)5;2-1(3)4;/h1,3H2,(H,4,5);(H2,2,3,4);/q;;+1. The molecule has 0 saturated heterocycles. The van der Waals surface area contributed by atoms with Crippen LogP contribution < -0.4 is 35.3 Å². The van der Waals surface area contributed by atoms with Gasteiger partial charge in [-0.1, -0.05) is 0 Å². The van der Waals surface area contributed by atoms with Crippen molar-refractivity contribution in [1.82, 2.24) is 0 Å². The molecule has 7 heteroatoms. The molecule has 0 aliphatic rings. The van der Waals surface area contributed by atoms with E-state index in [2.05, 4.69) is 5.73 Å². The Morgan fingerprint density at radius 1 is 1.20 bits per heavy atom. The van der Waals surface area contributed by atoms with Crippen LogP contribution in [0.4, 0.5) is 4.79 Å². The molecule has 0 aromatic rings. The van der Waals surface area contributed by atoms with Gasteiger partial charge in [0, 0.05) is 0 Å². The fourth-order valence-corrected chi connectivity index (χ4v) is 0. The Hall–Kier alpha value is -0.300. The fraction of sp³-hybridized carbons (Fsp3) is 0.333. The van der Waals surface area contributed by atoms with Gasteiger partial charge in [-0.25, -0.2) is 4.79 Å². The van der Waals surface area contributed by atoms with Gasteiger partial charge >= 0.3 is 41.7 Å². The zero-order valence-electron chi connectivity index (χ0n) is 5.44. The first-order valence-electron chi connectivity index (χ1n) is 1.84. The maximum Gasteiger partial charge on any atom is 1.00 e. The second-order valence-corrected chi connectivity index (χ2v) is 0.880. The topological polar surface area (TPSA) is 121 Å². The Kier molecular flexibility index (Phi) is 18.8. The van der Waals surface area contributed by atoms with Crippen molar-refractivity contribution in [3.05, 3.63) is 0 Å². The van der Waals surface area contributed by atoms with Crippen molar-refractivity contribution in [2.24, 2.45) is 5.73 Å². The number of carboxylic acids is 1. The van der Waals surface area contributed by atoms with Crippen molar-refractivity contribution < 1.29 is 54.5 Å². The quantitative estimate of drug-likeness (QED) is 0.292. The minimum Gasteiger partial charge on any atom is -0.480 e. The maximum atomic E-state index is 9.24. The summed E-state index contributed by atoms with van der Waals surface area (Å²) in [4.78, 5) is 17.8. The Balaban J connectivity index is -0.0000000910. The maximum absolute atomic E-state index is 9.24. The molecule has 0 atom stereocenters. The Labute approximate surface area is 78.9 Å². The van der Waals surface area contributed by atoms with Crippen LogP contribution in [0.3, 0.4) is 0 Å². The number of hydrogen-bond acceptors (Lipinski definition) is 3. The third-order valence-electron chi connectivity index (χ3n) is 0.175. The van der Waals surface area contributed by atoms with E-state index in [1.807, 2.05) is 0 Å². The predicted molar refractivity (Wildman–Crippen MR) is 27.3 cm³/mol. The largest absolute Gasteiger partial charge is 1.00 e. The van der Waals surface area contributed by atoms with Crippen molar-refractivity contribution >= 4 is 12.1 Å². The molecule has 10 heavy (non-hydrogen) atoms. The molecule has 0 aliphatic carbocycles. The summed E-state index contributed by atoms with van der Waals surface area (Å²) in [6.07, 6.45) is -1.83. The number of hydrogen-bond donors (Lipinski definition) is 4. The van der Waals surface area contributed by atoms with E-state index >= 15 is 0 Å². The number of aliphatic carboxylic acids is 1. The van der Waals surface area contributed by atoms with E-state index in [-0.39, 0.29) is 36.1 Å². The predicted octanol–water partition coefficient (Wildman–Crippen LogP) is -3.74. The zero-order valence-corrected chi connectivity index (χ0v) is 7.44. The van der Waals surface area contributed by atoms with Crippen LogP contribution in [0.2, 0.25) is 0 Å². The van der Waals surface area contributed by atoms with Gasteiger partial charge in [-0.3, -0.25) is 4.79 Å². The summed E-state index contributed by atoms with van der Waals surface area (Å²) in [6, 6.07) is 0. The Morgan fingerprint density at radius 3 is 1.30 bits per heavy atom. The third-order valence-corrected chi connectivity index (χ3v) is 0.175. The summed E-state index contributed by atoms with van der Waals surface area (Å²) in [6.45, 7) is -0.278. The van der Waals surface area contributed by atoms with Gasteiger partial charge in [0.2, 0.25) is 0 Å². The minimum atomic E-state index is -1.83. The number of carbonyl (C=O) groups is 2. The van der Waals surface area contributed by atoms with E-state index in [4.69, 9.17) is 20.1 Å². The van der Waals surface area contributed by atoms with Gasteiger partial charge < -0.3 is 21.1 Å². The summed E-state index contributed by atoms with van der Waals surface area (Å²) < 4.78 is 0. The van der Waals surface area contributed by atoms with Crippen molar-refractivity contribution in [3.63, 3.8) is 0 Å². The normalized spacial score (nSPS) is 6.10. The molecule has 0 aliphatic heterocycles. The second kappa shape index (κ2) is 11.5. The van der Waals surface area contributed by atoms with Gasteiger partial charge in [-0.15, -0.1) is 0 Å². The van der Waals surface area contributed by atoms with Gasteiger partial charge in [-0.2, -0.15) is 0 Å². The SMILES string of the molecule is NCC(=O)O.O=C(O)O.[Na+]. The average molecular weight is 160 g/mol. The average Bonchev–Trinajstić information content (AvgIpc) is 1.65. The van der Waals surface area contributed by atoms with Crippen molar-refractivity contribution in [2.75, 3.05) is 6.54 Å². The smallest absolute Gasteiger partial charge is 0.480 e. The van der Waals surface area contributed by atoms with Crippen LogP contribution in [-0.2, 0) is 4.79 Å². The molecule has 0 heterocycles. The van der Waals surface area contributed by atoms with Crippen molar-refractivity contribution in [2.45, 2.75) is 0 Å². The molecule has 0 aromatic heterocycles. The molecule has 0 radical (unpaired) electrons. The monoisotopic (exact) mass is 160 g/mol. The second-order valence-electron chi connectivity index (χ2n) is 0.880. The van der Waals surface area contributed by atoms with E-state index in [1.165, 1.54) is 0 Å². The molecule has 0 saturated carbocycles. The molecular formula is C3H7NNaO5+. The molecule has 0 spiro atoms. The molecule has 5 N–H and O–H groups in total. The molecule has 6 nitrogen and oxygen atoms in total. The van der Waals surface area contributed by atoms with Crippen LogP contribution in [0, 0.1) is 0 Å². The summed E-state index contributed by atoms with van der Waals surface area (Å²) in [5.74, 6) is -0.968. The summed E-state index contributed by atoms with van der Waals surface area (Å²) in [7, 11) is 0. The van der Waals surface area contributed by atoms with Crippen LogP contribution in [0.25, 0.3) is 0 Å². The molecule has 0 rings (SSSR count). The summed E-state index contributed by atoms with van der Waals surface area (Å²) in [5.41, 5.74) is 4.57. The van der Waals surface area contributed by atoms with Crippen LogP contribution in [0.5, 0.6) is 0 Å². The molecule has 0 aromatic carbocycles. The van der Waals surface area contributed by atoms with Gasteiger partial charge in [0.05, 0.1) is 6.54 Å². The fourth-order valence-electron chi connectivity index (χ4n) is 0. The molecule has 0 fully saturated rings. The molecule has 54 valence electrons. The van der Waals surface area contributed by atoms with Gasteiger partial charge in [0.25, 0.3) is 0 Å². The van der Waals surface area contributed by atoms with Crippen LogP contribution in [0.15, 0.2) is 0 Å². The number of carboxylic acid groups (broad SMARTS) is 3. The van der Waals surface area contributed by atoms with Crippen LogP contribution in [0.1, 0.15) is 0 Å². The van der Waals surface area contributed by atoms with Gasteiger partial charge in [0.1, 0.15) is 0 Å². The van der Waals surface area contributed by atoms with Gasteiger partial charge in [0.15, 0.2) is 0 Å². The molecule has 0 amide bonds. The zero-order chi connectivity index (χ0) is 7.86. The minimum absolute atomic E-state index is 0. The van der Waals surface area contributed by atoms with Crippen LogP contribution >= 0.6 is 0 Å². The van der Waals surface area contributed by atoms with Crippen molar-refractivity contribution in [3.8, 4) is 0 Å². The number of rotatable bonds is 1. The molecular weight excluding hydrogens is 153 g/mol. The third kappa shape index (κ3) is 120. The van der Waals surface area contributed by atoms with E-state index < -0.39 is 12.1 Å².